The molecule has 0 atom stereocenters. The molecular formula is C5H8N2O2. The van der Waals surface area contributed by atoms with Gasteiger partial charge in [-0.05, 0) is 0 Å². The second-order valence-corrected chi connectivity index (χ2v) is 1.52. The van der Waals surface area contributed by atoms with Gasteiger partial charge < -0.3 is 14.8 Å². The van der Waals surface area contributed by atoms with Crippen LogP contribution in [0.2, 0.25) is 0 Å². The van der Waals surface area contributed by atoms with Crippen molar-refractivity contribution in [3.05, 3.63) is 12.4 Å². The highest BCUT2D eigenvalue weighted by molar-refractivity contribution is 5.34. The molecule has 0 aliphatic rings. The van der Waals surface area contributed by atoms with Crippen LogP contribution in [0.1, 0.15) is 0 Å². The van der Waals surface area contributed by atoms with Crippen molar-refractivity contribution in [1.82, 2.24) is 4.98 Å². The molecule has 50 valence electrons. The van der Waals surface area contributed by atoms with E-state index in [0.717, 1.165) is 0 Å². The molecule has 0 aliphatic heterocycles. The average molecular weight is 128 g/mol. The Morgan fingerprint density at radius 1 is 1.67 bits per heavy atom. The van der Waals surface area contributed by atoms with Crippen molar-refractivity contribution >= 4 is 0 Å². The Hall–Kier alpha value is -1.16. The molecule has 0 aromatic carbocycles. The summed E-state index contributed by atoms with van der Waals surface area (Å²) in [7, 11) is 0. The number of nitrogens with one attached hydrogen (secondary N) is 1. The summed E-state index contributed by atoms with van der Waals surface area (Å²) < 4.78 is 4.77. The van der Waals surface area contributed by atoms with Gasteiger partial charge >= 0.3 is 0 Å². The number of rotatable bonds is 2. The van der Waals surface area contributed by atoms with Gasteiger partial charge in [0.2, 0.25) is 0 Å². The molecule has 0 saturated carbocycles. The van der Waals surface area contributed by atoms with E-state index in [1.165, 1.54) is 12.4 Å². The second-order valence-electron chi connectivity index (χ2n) is 1.52. The molecular weight excluding hydrogens is 120 g/mol. The molecule has 1 aromatic rings. The summed E-state index contributed by atoms with van der Waals surface area (Å²) in [4.78, 5) is 2.65. The van der Waals surface area contributed by atoms with Crippen LogP contribution in [-0.2, 0) is 0 Å². The Kier molecular flexibility index (Phi) is 1.60. The Labute approximate surface area is 52.3 Å². The van der Waals surface area contributed by atoms with E-state index < -0.39 is 0 Å². The second kappa shape index (κ2) is 2.41. The molecule has 0 bridgehead atoms. The quantitative estimate of drug-likeness (QED) is 0.491. The van der Waals surface area contributed by atoms with Crippen molar-refractivity contribution in [1.29, 1.82) is 0 Å². The van der Waals surface area contributed by atoms with Crippen LogP contribution in [0, 0.1) is 0 Å². The van der Waals surface area contributed by atoms with E-state index in [1.807, 2.05) is 0 Å². The van der Waals surface area contributed by atoms with E-state index in [0.29, 0.717) is 5.75 Å². The van der Waals surface area contributed by atoms with Crippen molar-refractivity contribution < 1.29 is 9.84 Å². The summed E-state index contributed by atoms with van der Waals surface area (Å²) >= 11 is 0. The fourth-order valence-electron chi connectivity index (χ4n) is 0.547. The lowest BCUT2D eigenvalue weighted by Gasteiger charge is -1.96. The normalized spacial score (nSPS) is 9.44. The van der Waals surface area contributed by atoms with E-state index in [4.69, 9.17) is 15.6 Å². The van der Waals surface area contributed by atoms with Crippen molar-refractivity contribution in [2.75, 3.05) is 6.73 Å². The van der Waals surface area contributed by atoms with Gasteiger partial charge in [0.25, 0.3) is 0 Å². The molecule has 1 aromatic heterocycles. The van der Waals surface area contributed by atoms with Gasteiger partial charge in [0.05, 0.1) is 0 Å². The van der Waals surface area contributed by atoms with E-state index in [1.54, 1.807) is 0 Å². The van der Waals surface area contributed by atoms with E-state index in [-0.39, 0.29) is 12.5 Å². The Morgan fingerprint density at radius 3 is 2.89 bits per heavy atom. The number of aromatic hydroxyl groups is 1. The third-order valence-corrected chi connectivity index (χ3v) is 0.926. The minimum absolute atomic E-state index is 0.0748. The van der Waals surface area contributed by atoms with E-state index in [9.17, 15) is 0 Å². The smallest absolute Gasteiger partial charge is 0.180 e. The highest BCUT2D eigenvalue weighted by Gasteiger charge is 1.98. The first kappa shape index (κ1) is 5.97. The van der Waals surface area contributed by atoms with Gasteiger partial charge in [-0.25, -0.2) is 0 Å². The molecule has 0 amide bonds. The number of aromatic nitrogens is 1. The van der Waals surface area contributed by atoms with Gasteiger partial charge in [-0.3, -0.25) is 5.73 Å². The van der Waals surface area contributed by atoms with Crippen LogP contribution in [-0.4, -0.2) is 16.8 Å². The van der Waals surface area contributed by atoms with Crippen molar-refractivity contribution in [3.8, 4) is 11.5 Å². The van der Waals surface area contributed by atoms with Crippen LogP contribution >= 0.6 is 0 Å². The molecule has 0 fully saturated rings. The molecule has 4 nitrogen and oxygen atoms in total. The molecule has 0 aliphatic carbocycles. The lowest BCUT2D eigenvalue weighted by molar-refractivity contribution is 0.311. The van der Waals surface area contributed by atoms with E-state index in [2.05, 4.69) is 4.98 Å². The zero-order valence-corrected chi connectivity index (χ0v) is 4.79. The molecule has 0 spiro atoms. The van der Waals surface area contributed by atoms with Gasteiger partial charge in [0, 0.05) is 12.4 Å². The number of hydrogen-bond donors (Lipinski definition) is 3. The fourth-order valence-corrected chi connectivity index (χ4v) is 0.547. The van der Waals surface area contributed by atoms with Crippen LogP contribution in [0.25, 0.3) is 0 Å². The van der Waals surface area contributed by atoms with E-state index >= 15 is 0 Å². The van der Waals surface area contributed by atoms with Crippen LogP contribution in [0.15, 0.2) is 12.4 Å². The van der Waals surface area contributed by atoms with Gasteiger partial charge in [-0.2, -0.15) is 0 Å². The van der Waals surface area contributed by atoms with Crippen molar-refractivity contribution in [3.63, 3.8) is 0 Å². The summed E-state index contributed by atoms with van der Waals surface area (Å²) in [5.41, 5.74) is 5.04. The Morgan fingerprint density at radius 2 is 2.44 bits per heavy atom. The lowest BCUT2D eigenvalue weighted by atomic mass is 10.5. The largest absolute Gasteiger partial charge is 0.503 e. The minimum atomic E-state index is 0.0748. The molecule has 0 radical (unpaired) electrons. The number of nitrogens with two attached hydrogens (primary N) is 1. The maximum absolute atomic E-state index is 8.87. The lowest BCUT2D eigenvalue weighted by Crippen LogP contribution is -2.06. The van der Waals surface area contributed by atoms with Gasteiger partial charge in [0.15, 0.2) is 11.5 Å². The van der Waals surface area contributed by atoms with Crippen LogP contribution in [0.5, 0.6) is 11.5 Å². The molecule has 0 unspecified atom stereocenters. The molecule has 4 N–H and O–H groups in total. The standard InChI is InChI=1S/C5H8N2O2/c6-3-9-5-2-7-1-4(5)8/h1-2,7-8H,3,6H2. The van der Waals surface area contributed by atoms with Gasteiger partial charge in [0.1, 0.15) is 6.73 Å². The summed E-state index contributed by atoms with van der Waals surface area (Å²) in [6.07, 6.45) is 2.95. The predicted molar refractivity (Wildman–Crippen MR) is 32.1 cm³/mol. The molecule has 1 heterocycles. The molecule has 9 heavy (non-hydrogen) atoms. The Balaban J connectivity index is 2.69. The van der Waals surface area contributed by atoms with Gasteiger partial charge in [-0.1, -0.05) is 0 Å². The Bertz CT molecular complexity index is 185. The number of H-pyrrole nitrogens is 1. The monoisotopic (exact) mass is 128 g/mol. The predicted octanol–water partition coefficient (Wildman–Crippen LogP) is 0.0153. The first-order chi connectivity index (χ1) is 4.34. The fraction of sp³-hybridized carbons (Fsp3) is 0.200. The highest BCUT2D eigenvalue weighted by Crippen LogP contribution is 2.23. The average Bonchev–Trinajstić information content (AvgIpc) is 2.18. The maximum atomic E-state index is 8.87. The highest BCUT2D eigenvalue weighted by atomic mass is 16.5. The first-order valence-corrected chi connectivity index (χ1v) is 2.53. The zero-order chi connectivity index (χ0) is 6.69. The first-order valence-electron chi connectivity index (χ1n) is 2.53. The third-order valence-electron chi connectivity index (χ3n) is 0.926. The number of ether oxygens (including phenoxy) is 1. The topological polar surface area (TPSA) is 71.3 Å². The van der Waals surface area contributed by atoms with Crippen LogP contribution < -0.4 is 10.5 Å². The SMILES string of the molecule is NCOc1c[nH]cc1O. The number of aromatic amines is 1. The summed E-state index contributed by atoms with van der Waals surface area (Å²) in [5.74, 6) is 0.470. The third kappa shape index (κ3) is 1.14. The molecule has 4 heteroatoms. The van der Waals surface area contributed by atoms with Crippen molar-refractivity contribution in [2.24, 2.45) is 5.73 Å². The maximum Gasteiger partial charge on any atom is 0.180 e. The summed E-state index contributed by atoms with van der Waals surface area (Å²) in [6.45, 7) is 0.0748. The number of hydrogen-bond acceptors (Lipinski definition) is 3. The summed E-state index contributed by atoms with van der Waals surface area (Å²) in [5, 5.41) is 8.87. The summed E-state index contributed by atoms with van der Waals surface area (Å²) in [6, 6.07) is 0. The zero-order valence-electron chi connectivity index (χ0n) is 4.79. The molecule has 1 rings (SSSR count). The van der Waals surface area contributed by atoms with Crippen LogP contribution in [0.3, 0.4) is 0 Å². The minimum Gasteiger partial charge on any atom is -0.503 e. The van der Waals surface area contributed by atoms with Gasteiger partial charge in [-0.15, -0.1) is 0 Å². The van der Waals surface area contributed by atoms with Crippen LogP contribution in [0.4, 0.5) is 0 Å². The molecule has 0 saturated heterocycles. The van der Waals surface area contributed by atoms with Crippen molar-refractivity contribution in [2.45, 2.75) is 0 Å².